The molecule has 11 heteroatoms. The molecule has 0 aliphatic rings. The highest BCUT2D eigenvalue weighted by Crippen LogP contribution is 2.38. The van der Waals surface area contributed by atoms with Crippen molar-refractivity contribution in [2.45, 2.75) is 19.0 Å². The van der Waals surface area contributed by atoms with Gasteiger partial charge in [-0.1, -0.05) is 6.07 Å². The largest absolute Gasteiger partial charge is 0.496 e. The van der Waals surface area contributed by atoms with Gasteiger partial charge in [0.25, 0.3) is 11.8 Å². The summed E-state index contributed by atoms with van der Waals surface area (Å²) >= 11 is 0. The molecular formula is C26H21F4N3O4. The number of ether oxygens (including phenoxy) is 1. The minimum atomic E-state index is -4.46. The molecule has 0 radical (unpaired) electrons. The Labute approximate surface area is 208 Å². The molecule has 0 saturated carbocycles. The summed E-state index contributed by atoms with van der Waals surface area (Å²) in [5, 5.41) is 2.73. The van der Waals surface area contributed by atoms with Crippen LogP contribution in [0.3, 0.4) is 0 Å². The Balaban J connectivity index is 2.00. The van der Waals surface area contributed by atoms with Gasteiger partial charge in [-0.3, -0.25) is 9.59 Å². The van der Waals surface area contributed by atoms with Gasteiger partial charge in [0.15, 0.2) is 0 Å². The Hall–Kier alpha value is -4.41. The van der Waals surface area contributed by atoms with Crippen molar-refractivity contribution < 1.29 is 36.3 Å². The molecule has 2 aromatic heterocycles. The molecule has 7 nitrogen and oxygen atoms in total. The molecule has 0 aliphatic carbocycles. The van der Waals surface area contributed by atoms with Gasteiger partial charge in [0, 0.05) is 24.6 Å². The van der Waals surface area contributed by atoms with E-state index >= 15 is 0 Å². The van der Waals surface area contributed by atoms with Gasteiger partial charge in [0.2, 0.25) is 5.71 Å². The van der Waals surface area contributed by atoms with E-state index < -0.39 is 36.6 Å². The van der Waals surface area contributed by atoms with Gasteiger partial charge in [-0.2, -0.15) is 13.2 Å². The Morgan fingerprint density at radius 2 is 1.76 bits per heavy atom. The van der Waals surface area contributed by atoms with Crippen LogP contribution in [0.2, 0.25) is 0 Å². The summed E-state index contributed by atoms with van der Waals surface area (Å²) < 4.78 is 63.8. The third-order valence-corrected chi connectivity index (χ3v) is 5.74. The van der Waals surface area contributed by atoms with E-state index in [9.17, 15) is 27.2 Å². The first-order valence-corrected chi connectivity index (χ1v) is 11.0. The highest BCUT2D eigenvalue weighted by molar-refractivity contribution is 6.11. The van der Waals surface area contributed by atoms with E-state index in [2.05, 4.69) is 10.3 Å². The number of alkyl halides is 3. The molecule has 2 aromatic carbocycles. The summed E-state index contributed by atoms with van der Waals surface area (Å²) in [7, 11) is 2.76. The van der Waals surface area contributed by atoms with E-state index in [-0.39, 0.29) is 45.0 Å². The number of aromatic nitrogens is 1. The second-order valence-electron chi connectivity index (χ2n) is 8.12. The van der Waals surface area contributed by atoms with Crippen molar-refractivity contribution in [1.29, 1.82) is 0 Å². The third kappa shape index (κ3) is 5.25. The Kier molecular flexibility index (Phi) is 6.88. The van der Waals surface area contributed by atoms with Crippen LogP contribution in [0.25, 0.3) is 33.6 Å². The monoisotopic (exact) mass is 515 g/mol. The number of rotatable bonds is 7. The van der Waals surface area contributed by atoms with Crippen LogP contribution in [0.5, 0.6) is 5.75 Å². The highest BCUT2D eigenvalue weighted by Gasteiger charge is 2.29. The smallest absolute Gasteiger partial charge is 0.389 e. The number of carbonyl (C=O) groups excluding carboxylic acids is 2. The number of aryl methyl sites for hydroxylation is 1. The predicted octanol–water partition coefficient (Wildman–Crippen LogP) is 5.26. The van der Waals surface area contributed by atoms with E-state index in [1.807, 2.05) is 0 Å². The summed E-state index contributed by atoms with van der Waals surface area (Å²) in [4.78, 5) is 29.2. The first-order chi connectivity index (χ1) is 17.5. The molecule has 3 N–H and O–H groups in total. The average molecular weight is 515 g/mol. The molecule has 0 atom stereocenters. The molecular weight excluding hydrogens is 494 g/mol. The van der Waals surface area contributed by atoms with Crippen LogP contribution in [-0.4, -0.2) is 37.1 Å². The summed E-state index contributed by atoms with van der Waals surface area (Å²) in [6, 6.07) is 11.1. The van der Waals surface area contributed by atoms with Crippen molar-refractivity contribution in [3.63, 3.8) is 0 Å². The Morgan fingerprint density at radius 1 is 1.08 bits per heavy atom. The van der Waals surface area contributed by atoms with Gasteiger partial charge >= 0.3 is 6.18 Å². The number of methoxy groups -OCH3 is 1. The highest BCUT2D eigenvalue weighted by atomic mass is 19.4. The molecule has 2 amide bonds. The number of furan rings is 1. The fraction of sp³-hybridized carbons (Fsp3) is 0.192. The molecule has 4 aromatic rings. The fourth-order valence-corrected chi connectivity index (χ4v) is 3.98. The standard InChI is InChI=1S/C26H21F4N3O4/c1-32-24(35)21-18-12-16(14-5-8-20(36-2)17(11-14)23(31)34)19(9-10-26(28,29)30)33-25(18)37-22(21)13-3-6-15(27)7-4-13/h3-8,11-12H,9-10H2,1-2H3,(H2,31,34)(H,32,35). The lowest BCUT2D eigenvalue weighted by atomic mass is 9.96. The second kappa shape index (κ2) is 9.92. The van der Waals surface area contributed by atoms with E-state index in [0.29, 0.717) is 11.1 Å². The first kappa shape index (κ1) is 25.7. The SMILES string of the molecule is CNC(=O)c1c(-c2ccc(F)cc2)oc2nc(CCC(F)(F)F)c(-c3ccc(OC)c(C(N)=O)c3)cc12. The summed E-state index contributed by atoms with van der Waals surface area (Å²) in [5.74, 6) is -1.57. The molecule has 2 heterocycles. The van der Waals surface area contributed by atoms with Crippen LogP contribution in [0.15, 0.2) is 52.9 Å². The number of halogens is 4. The molecule has 0 fully saturated rings. The van der Waals surface area contributed by atoms with Crippen molar-refractivity contribution >= 4 is 22.9 Å². The minimum Gasteiger partial charge on any atom is -0.496 e. The molecule has 0 unspecified atom stereocenters. The summed E-state index contributed by atoms with van der Waals surface area (Å²) in [6.07, 6.45) is -6.11. The van der Waals surface area contributed by atoms with Crippen LogP contribution < -0.4 is 15.8 Å². The van der Waals surface area contributed by atoms with Crippen molar-refractivity contribution in [3.8, 4) is 28.2 Å². The average Bonchev–Trinajstić information content (AvgIpc) is 3.24. The number of amides is 2. The van der Waals surface area contributed by atoms with Crippen molar-refractivity contribution in [2.75, 3.05) is 14.2 Å². The lowest BCUT2D eigenvalue weighted by Crippen LogP contribution is -2.18. The normalized spacial score (nSPS) is 11.5. The maximum Gasteiger partial charge on any atom is 0.389 e. The van der Waals surface area contributed by atoms with Gasteiger partial charge < -0.3 is 20.2 Å². The summed E-state index contributed by atoms with van der Waals surface area (Å²) in [5.41, 5.74) is 6.49. The number of nitrogens with two attached hydrogens (primary N) is 1. The number of hydrogen-bond acceptors (Lipinski definition) is 5. The number of nitrogens with one attached hydrogen (secondary N) is 1. The molecule has 37 heavy (non-hydrogen) atoms. The lowest BCUT2D eigenvalue weighted by Gasteiger charge is -2.13. The van der Waals surface area contributed by atoms with Gasteiger partial charge in [0.1, 0.15) is 17.3 Å². The van der Waals surface area contributed by atoms with Crippen molar-refractivity contribution in [2.24, 2.45) is 5.73 Å². The molecule has 0 bridgehead atoms. The first-order valence-electron chi connectivity index (χ1n) is 11.0. The maximum absolute atomic E-state index is 13.5. The summed E-state index contributed by atoms with van der Waals surface area (Å²) in [6.45, 7) is 0. The Bertz CT molecular complexity index is 1490. The van der Waals surface area contributed by atoms with Crippen molar-refractivity contribution in [1.82, 2.24) is 10.3 Å². The number of benzene rings is 2. The number of nitrogens with zero attached hydrogens (tertiary/aromatic N) is 1. The van der Waals surface area contributed by atoms with Gasteiger partial charge in [-0.15, -0.1) is 0 Å². The van der Waals surface area contributed by atoms with Gasteiger partial charge in [0.05, 0.1) is 29.3 Å². The van der Waals surface area contributed by atoms with Crippen LogP contribution in [0.1, 0.15) is 32.8 Å². The number of hydrogen-bond donors (Lipinski definition) is 2. The van der Waals surface area contributed by atoms with Crippen molar-refractivity contribution in [3.05, 3.63) is 71.2 Å². The van der Waals surface area contributed by atoms with E-state index in [4.69, 9.17) is 14.9 Å². The van der Waals surface area contributed by atoms with Crippen LogP contribution in [0.4, 0.5) is 17.6 Å². The zero-order chi connectivity index (χ0) is 26.9. The number of fused-ring (bicyclic) bond motifs is 1. The molecule has 4 rings (SSSR count). The number of carbonyl (C=O) groups is 2. The van der Waals surface area contributed by atoms with E-state index in [1.54, 1.807) is 6.07 Å². The van der Waals surface area contributed by atoms with Gasteiger partial charge in [-0.25, -0.2) is 9.37 Å². The van der Waals surface area contributed by atoms with Crippen LogP contribution >= 0.6 is 0 Å². The third-order valence-electron chi connectivity index (χ3n) is 5.74. The molecule has 0 aliphatic heterocycles. The topological polar surface area (TPSA) is 107 Å². The molecule has 0 saturated heterocycles. The van der Waals surface area contributed by atoms with Gasteiger partial charge in [-0.05, 0) is 54.4 Å². The lowest BCUT2D eigenvalue weighted by molar-refractivity contribution is -0.134. The maximum atomic E-state index is 13.5. The fourth-order valence-electron chi connectivity index (χ4n) is 3.98. The number of pyridine rings is 1. The van der Waals surface area contributed by atoms with E-state index in [0.717, 1.165) is 0 Å². The Morgan fingerprint density at radius 3 is 2.35 bits per heavy atom. The molecule has 192 valence electrons. The molecule has 0 spiro atoms. The van der Waals surface area contributed by atoms with Crippen LogP contribution in [-0.2, 0) is 6.42 Å². The quantitative estimate of drug-likeness (QED) is 0.327. The second-order valence-corrected chi connectivity index (χ2v) is 8.12. The predicted molar refractivity (Wildman–Crippen MR) is 128 cm³/mol. The minimum absolute atomic E-state index is 0.0209. The van der Waals surface area contributed by atoms with E-state index in [1.165, 1.54) is 56.6 Å². The van der Waals surface area contributed by atoms with Crippen LogP contribution in [0, 0.1) is 5.82 Å². The number of primary amides is 1. The zero-order valence-electron chi connectivity index (χ0n) is 19.7. The zero-order valence-corrected chi connectivity index (χ0v) is 19.7.